The Kier molecular flexibility index (Phi) is 3.70. The van der Waals surface area contributed by atoms with Crippen LogP contribution in [0, 0.1) is 0 Å². The molecule has 1 amide bonds. The number of nitrogen functional groups attached to an aromatic ring is 1. The summed E-state index contributed by atoms with van der Waals surface area (Å²) in [6.45, 7) is 0.679. The van der Waals surface area contributed by atoms with Crippen LogP contribution in [0.3, 0.4) is 0 Å². The van der Waals surface area contributed by atoms with Crippen LogP contribution < -0.4 is 5.73 Å². The zero-order chi connectivity index (χ0) is 18.0. The second-order valence-electron chi connectivity index (χ2n) is 8.12. The molecular weight excluding hydrogens is 346 g/mol. The Labute approximate surface area is 158 Å². The van der Waals surface area contributed by atoms with Crippen molar-refractivity contribution in [2.45, 2.75) is 56.8 Å². The molecule has 0 radical (unpaired) electrons. The number of piperidine rings is 2. The fraction of sp³-hybridized carbons (Fsp3) is 0.476. The SMILES string of the molecule is CN1[C@@H]2CCC[C@H]1C[C@@H](N1Cc3cccc4c(N)c(Cl)cc(c34)C1=O)C2. The molecule has 5 heteroatoms. The van der Waals surface area contributed by atoms with Gasteiger partial charge in [0.15, 0.2) is 0 Å². The van der Waals surface area contributed by atoms with E-state index in [4.69, 9.17) is 17.3 Å². The minimum Gasteiger partial charge on any atom is -0.397 e. The van der Waals surface area contributed by atoms with E-state index in [0.29, 0.717) is 40.9 Å². The highest BCUT2D eigenvalue weighted by atomic mass is 35.5. The lowest BCUT2D eigenvalue weighted by Crippen LogP contribution is -2.56. The maximum atomic E-state index is 13.4. The summed E-state index contributed by atoms with van der Waals surface area (Å²) in [6.07, 6.45) is 5.97. The average Bonchev–Trinajstić information content (AvgIpc) is 2.61. The molecule has 2 bridgehead atoms. The normalized spacial score (nSPS) is 28.6. The van der Waals surface area contributed by atoms with Crippen LogP contribution in [-0.4, -0.2) is 40.9 Å². The van der Waals surface area contributed by atoms with E-state index in [1.165, 1.54) is 24.8 Å². The molecule has 3 atom stereocenters. The van der Waals surface area contributed by atoms with E-state index in [-0.39, 0.29) is 5.91 Å². The highest BCUT2D eigenvalue weighted by Gasteiger charge is 2.41. The van der Waals surface area contributed by atoms with E-state index < -0.39 is 0 Å². The number of amides is 1. The first-order valence-corrected chi connectivity index (χ1v) is 9.95. The zero-order valence-electron chi connectivity index (χ0n) is 15.0. The second-order valence-corrected chi connectivity index (χ2v) is 8.53. The predicted octanol–water partition coefficient (Wildman–Crippen LogP) is 4.05. The number of rotatable bonds is 1. The summed E-state index contributed by atoms with van der Waals surface area (Å²) in [5, 5.41) is 2.36. The molecule has 2 saturated heterocycles. The monoisotopic (exact) mass is 369 g/mol. The third-order valence-electron chi connectivity index (χ3n) is 6.83. The van der Waals surface area contributed by atoms with Crippen molar-refractivity contribution in [1.29, 1.82) is 0 Å². The van der Waals surface area contributed by atoms with Crippen LogP contribution in [0.25, 0.3) is 10.8 Å². The van der Waals surface area contributed by atoms with E-state index in [2.05, 4.69) is 22.9 Å². The number of nitrogens with two attached hydrogens (primary N) is 1. The van der Waals surface area contributed by atoms with Crippen molar-refractivity contribution in [2.75, 3.05) is 12.8 Å². The van der Waals surface area contributed by atoms with Gasteiger partial charge < -0.3 is 15.5 Å². The van der Waals surface area contributed by atoms with Gasteiger partial charge >= 0.3 is 0 Å². The Morgan fingerprint density at radius 1 is 1.15 bits per heavy atom. The fourth-order valence-corrected chi connectivity index (χ4v) is 5.61. The van der Waals surface area contributed by atoms with Gasteiger partial charge in [-0.3, -0.25) is 4.79 Å². The standard InChI is InChI=1S/C21H24ClN3O/c1-24-13-5-3-6-14(24)9-15(8-13)25-11-12-4-2-7-16-19(12)17(21(25)26)10-18(22)20(16)23/h2,4,7,10,13-15H,3,5-6,8-9,11,23H2,1H3/t13-,14+,15+. The zero-order valence-corrected chi connectivity index (χ0v) is 15.8. The quantitative estimate of drug-likeness (QED) is 0.771. The van der Waals surface area contributed by atoms with Gasteiger partial charge in [-0.25, -0.2) is 0 Å². The Morgan fingerprint density at radius 3 is 2.62 bits per heavy atom. The lowest BCUT2D eigenvalue weighted by Gasteiger charge is -2.50. The lowest BCUT2D eigenvalue weighted by atomic mass is 9.80. The third-order valence-corrected chi connectivity index (χ3v) is 7.14. The van der Waals surface area contributed by atoms with Gasteiger partial charge in [0.25, 0.3) is 5.91 Å². The van der Waals surface area contributed by atoms with E-state index in [1.54, 1.807) is 6.07 Å². The number of hydrogen-bond donors (Lipinski definition) is 1. The van der Waals surface area contributed by atoms with Crippen molar-refractivity contribution >= 4 is 34.0 Å². The molecule has 2 fully saturated rings. The second kappa shape index (κ2) is 5.86. The van der Waals surface area contributed by atoms with E-state index >= 15 is 0 Å². The predicted molar refractivity (Wildman–Crippen MR) is 105 cm³/mol. The summed E-state index contributed by atoms with van der Waals surface area (Å²) in [5.41, 5.74) is 8.64. The summed E-state index contributed by atoms with van der Waals surface area (Å²) < 4.78 is 0. The molecule has 0 spiro atoms. The van der Waals surface area contributed by atoms with Crippen molar-refractivity contribution < 1.29 is 4.79 Å². The van der Waals surface area contributed by atoms with Crippen LogP contribution in [0.5, 0.6) is 0 Å². The van der Waals surface area contributed by atoms with Crippen LogP contribution in [-0.2, 0) is 6.54 Å². The molecule has 136 valence electrons. The molecule has 3 aliphatic heterocycles. The molecule has 2 aromatic rings. The molecule has 2 aromatic carbocycles. The Morgan fingerprint density at radius 2 is 1.88 bits per heavy atom. The topological polar surface area (TPSA) is 49.6 Å². The summed E-state index contributed by atoms with van der Waals surface area (Å²) in [7, 11) is 2.25. The number of fused-ring (bicyclic) bond motifs is 2. The number of nitrogens with zero attached hydrogens (tertiary/aromatic N) is 2. The fourth-order valence-electron chi connectivity index (χ4n) is 5.39. The summed E-state index contributed by atoms with van der Waals surface area (Å²) in [6, 6.07) is 9.40. The summed E-state index contributed by atoms with van der Waals surface area (Å²) in [5.74, 6) is 0.114. The van der Waals surface area contributed by atoms with Crippen LogP contribution in [0.4, 0.5) is 5.69 Å². The van der Waals surface area contributed by atoms with Crippen molar-refractivity contribution in [1.82, 2.24) is 9.80 Å². The third kappa shape index (κ3) is 2.28. The highest BCUT2D eigenvalue weighted by molar-refractivity contribution is 6.36. The molecule has 0 aromatic heterocycles. The van der Waals surface area contributed by atoms with Gasteiger partial charge in [0, 0.05) is 41.0 Å². The molecule has 3 heterocycles. The van der Waals surface area contributed by atoms with Gasteiger partial charge in [-0.05, 0) is 44.4 Å². The van der Waals surface area contributed by atoms with E-state index in [9.17, 15) is 4.79 Å². The molecule has 0 aliphatic carbocycles. The molecule has 0 unspecified atom stereocenters. The van der Waals surface area contributed by atoms with Crippen molar-refractivity contribution in [3.8, 4) is 0 Å². The van der Waals surface area contributed by atoms with Gasteiger partial charge in [0.05, 0.1) is 10.7 Å². The van der Waals surface area contributed by atoms with Gasteiger partial charge in [-0.1, -0.05) is 36.2 Å². The van der Waals surface area contributed by atoms with E-state index in [1.807, 2.05) is 12.1 Å². The van der Waals surface area contributed by atoms with Crippen LogP contribution >= 0.6 is 11.6 Å². The van der Waals surface area contributed by atoms with Crippen molar-refractivity contribution in [2.24, 2.45) is 0 Å². The Balaban J connectivity index is 1.56. The van der Waals surface area contributed by atoms with Crippen LogP contribution in [0.1, 0.15) is 48.0 Å². The number of halogens is 1. The number of benzene rings is 2. The molecule has 26 heavy (non-hydrogen) atoms. The van der Waals surface area contributed by atoms with Gasteiger partial charge in [0.2, 0.25) is 0 Å². The van der Waals surface area contributed by atoms with E-state index in [0.717, 1.165) is 23.6 Å². The highest BCUT2D eigenvalue weighted by Crippen LogP contribution is 2.41. The number of hydrogen-bond acceptors (Lipinski definition) is 3. The lowest BCUT2D eigenvalue weighted by molar-refractivity contribution is 0.00750. The number of anilines is 1. The molecule has 2 N–H and O–H groups in total. The molecule has 3 aliphatic rings. The van der Waals surface area contributed by atoms with Crippen molar-refractivity contribution in [3.63, 3.8) is 0 Å². The largest absolute Gasteiger partial charge is 0.397 e. The minimum atomic E-state index is 0.114. The number of carbonyl (C=O) groups is 1. The minimum absolute atomic E-state index is 0.114. The maximum Gasteiger partial charge on any atom is 0.255 e. The Bertz CT molecular complexity index is 898. The average molecular weight is 370 g/mol. The molecule has 0 saturated carbocycles. The summed E-state index contributed by atoms with van der Waals surface area (Å²) in [4.78, 5) is 18.0. The van der Waals surface area contributed by atoms with Gasteiger partial charge in [0.1, 0.15) is 0 Å². The van der Waals surface area contributed by atoms with Crippen LogP contribution in [0.2, 0.25) is 5.02 Å². The van der Waals surface area contributed by atoms with Crippen molar-refractivity contribution in [3.05, 3.63) is 40.4 Å². The molecular formula is C21H24ClN3O. The first-order valence-electron chi connectivity index (χ1n) is 9.57. The molecule has 5 rings (SSSR count). The number of carbonyl (C=O) groups excluding carboxylic acids is 1. The Hall–Kier alpha value is -1.78. The maximum absolute atomic E-state index is 13.4. The van der Waals surface area contributed by atoms with Gasteiger partial charge in [-0.15, -0.1) is 0 Å². The van der Waals surface area contributed by atoms with Crippen LogP contribution in [0.15, 0.2) is 24.3 Å². The van der Waals surface area contributed by atoms with Gasteiger partial charge in [-0.2, -0.15) is 0 Å². The molecule has 4 nitrogen and oxygen atoms in total. The smallest absolute Gasteiger partial charge is 0.255 e. The summed E-state index contributed by atoms with van der Waals surface area (Å²) >= 11 is 6.34. The first-order chi connectivity index (χ1) is 12.5. The first kappa shape index (κ1) is 16.4.